The van der Waals surface area contributed by atoms with Crippen LogP contribution in [-0.4, -0.2) is 22.4 Å². The Hall–Kier alpha value is -3.10. The van der Waals surface area contributed by atoms with Crippen LogP contribution in [0, 0.1) is 0 Å². The summed E-state index contributed by atoms with van der Waals surface area (Å²) in [7, 11) is 0. The Bertz CT molecular complexity index is 1140. The van der Waals surface area contributed by atoms with E-state index in [1.165, 1.54) is 12.1 Å². The van der Waals surface area contributed by atoms with E-state index < -0.39 is 29.4 Å². The zero-order chi connectivity index (χ0) is 20.6. The summed E-state index contributed by atoms with van der Waals surface area (Å²) in [6.07, 6.45) is 3.64. The van der Waals surface area contributed by atoms with E-state index in [4.69, 9.17) is 0 Å². The van der Waals surface area contributed by atoms with Gasteiger partial charge < -0.3 is 0 Å². The summed E-state index contributed by atoms with van der Waals surface area (Å²) in [4.78, 5) is 25.2. The third-order valence-electron chi connectivity index (χ3n) is 4.30. The number of carbonyl (C=O) groups excluding carboxylic acids is 2. The van der Waals surface area contributed by atoms with E-state index in [0.29, 0.717) is 16.3 Å². The summed E-state index contributed by atoms with van der Waals surface area (Å²) < 4.78 is 41.9. The van der Waals surface area contributed by atoms with Gasteiger partial charge in [-0.2, -0.15) is 17.5 Å². The summed E-state index contributed by atoms with van der Waals surface area (Å²) in [5.74, 6) is -1.87. The van der Waals surface area contributed by atoms with Crippen LogP contribution in [0.2, 0.25) is 0 Å². The standard InChI is InChI=1S/C21H12F3NO3S/c22-21(23,24)29-28-25-19(26)16-8-4-7-15-11-14(12-17(18(15)16)20(25)27)10-9-13-5-2-1-3-6-13/h1-12H/b10-9+. The van der Waals surface area contributed by atoms with Gasteiger partial charge in [-0.25, -0.2) is 0 Å². The van der Waals surface area contributed by atoms with Crippen molar-refractivity contribution >= 4 is 46.8 Å². The van der Waals surface area contributed by atoms with E-state index in [2.05, 4.69) is 4.28 Å². The summed E-state index contributed by atoms with van der Waals surface area (Å²) in [5.41, 5.74) is -2.93. The quantitative estimate of drug-likeness (QED) is 0.311. The Morgan fingerprint density at radius 1 is 0.828 bits per heavy atom. The molecule has 0 saturated carbocycles. The van der Waals surface area contributed by atoms with Gasteiger partial charge in [0, 0.05) is 5.39 Å². The molecule has 0 unspecified atom stereocenters. The van der Waals surface area contributed by atoms with Crippen LogP contribution in [0.15, 0.2) is 60.7 Å². The third kappa shape index (κ3) is 3.90. The lowest BCUT2D eigenvalue weighted by atomic mass is 9.93. The molecule has 0 spiro atoms. The van der Waals surface area contributed by atoms with Gasteiger partial charge in [0.05, 0.1) is 11.1 Å². The van der Waals surface area contributed by atoms with Gasteiger partial charge in [-0.3, -0.25) is 9.59 Å². The lowest BCUT2D eigenvalue weighted by molar-refractivity contribution is -0.0570. The van der Waals surface area contributed by atoms with Crippen LogP contribution in [-0.2, 0) is 4.28 Å². The van der Waals surface area contributed by atoms with Crippen molar-refractivity contribution in [3.05, 3.63) is 82.9 Å². The fourth-order valence-electron chi connectivity index (χ4n) is 3.11. The number of carbonyl (C=O) groups is 2. The normalized spacial score (nSPS) is 14.2. The van der Waals surface area contributed by atoms with Crippen molar-refractivity contribution in [1.82, 2.24) is 5.06 Å². The molecule has 0 fully saturated rings. The van der Waals surface area contributed by atoms with E-state index >= 15 is 0 Å². The number of hydrogen-bond acceptors (Lipinski definition) is 4. The molecular formula is C21H12F3NO3S. The molecule has 1 heterocycles. The molecule has 4 rings (SSSR count). The third-order valence-corrected chi connectivity index (χ3v) is 4.72. The molecule has 0 bridgehead atoms. The largest absolute Gasteiger partial charge is 0.470 e. The molecule has 0 radical (unpaired) electrons. The highest BCUT2D eigenvalue weighted by Gasteiger charge is 2.39. The van der Waals surface area contributed by atoms with Crippen LogP contribution in [0.25, 0.3) is 22.9 Å². The van der Waals surface area contributed by atoms with Gasteiger partial charge in [-0.05, 0) is 34.7 Å². The SMILES string of the molecule is O=C1c2cccc3cc(/C=C/c4ccccc4)cc(c23)C(=O)N1OSC(F)(F)F. The smallest absolute Gasteiger partial charge is 0.266 e. The van der Waals surface area contributed by atoms with Crippen molar-refractivity contribution in [2.45, 2.75) is 5.51 Å². The molecule has 1 aliphatic rings. The molecule has 3 aromatic rings. The van der Waals surface area contributed by atoms with E-state index in [1.807, 2.05) is 42.5 Å². The van der Waals surface area contributed by atoms with Crippen LogP contribution in [0.1, 0.15) is 31.8 Å². The number of benzene rings is 3. The maximum absolute atomic E-state index is 12.7. The molecule has 0 aromatic heterocycles. The predicted octanol–water partition coefficient (Wildman–Crippen LogP) is 5.71. The van der Waals surface area contributed by atoms with Gasteiger partial charge in [0.1, 0.15) is 12.0 Å². The minimum atomic E-state index is -4.76. The molecule has 0 N–H and O–H groups in total. The molecule has 2 amide bonds. The summed E-state index contributed by atoms with van der Waals surface area (Å²) >= 11 is -0.906. The lowest BCUT2D eigenvalue weighted by Gasteiger charge is -2.25. The average Bonchev–Trinajstić information content (AvgIpc) is 2.70. The Morgan fingerprint density at radius 2 is 1.52 bits per heavy atom. The Kier molecular flexibility index (Phi) is 4.89. The van der Waals surface area contributed by atoms with Crippen molar-refractivity contribution in [3.63, 3.8) is 0 Å². The number of nitrogens with zero attached hydrogens (tertiary/aromatic N) is 1. The second-order valence-electron chi connectivity index (χ2n) is 6.22. The Balaban J connectivity index is 1.76. The number of amides is 2. The molecule has 29 heavy (non-hydrogen) atoms. The van der Waals surface area contributed by atoms with Crippen molar-refractivity contribution in [1.29, 1.82) is 0 Å². The highest BCUT2D eigenvalue weighted by atomic mass is 32.2. The number of halogens is 3. The minimum Gasteiger partial charge on any atom is -0.266 e. The van der Waals surface area contributed by atoms with Crippen LogP contribution < -0.4 is 0 Å². The number of alkyl halides is 3. The van der Waals surface area contributed by atoms with Crippen LogP contribution >= 0.6 is 12.0 Å². The van der Waals surface area contributed by atoms with Gasteiger partial charge in [-0.1, -0.05) is 54.6 Å². The summed E-state index contributed by atoms with van der Waals surface area (Å²) in [5, 5.41) is 1.19. The first-order valence-electron chi connectivity index (χ1n) is 8.45. The molecule has 0 saturated heterocycles. The van der Waals surface area contributed by atoms with Gasteiger partial charge in [0.15, 0.2) is 0 Å². The average molecular weight is 415 g/mol. The number of rotatable bonds is 4. The monoisotopic (exact) mass is 415 g/mol. The zero-order valence-corrected chi connectivity index (χ0v) is 15.5. The van der Waals surface area contributed by atoms with Crippen molar-refractivity contribution in [2.75, 3.05) is 0 Å². The summed E-state index contributed by atoms with van der Waals surface area (Å²) in [6.45, 7) is 0. The van der Waals surface area contributed by atoms with Crippen molar-refractivity contribution in [2.24, 2.45) is 0 Å². The Morgan fingerprint density at radius 3 is 2.24 bits per heavy atom. The predicted molar refractivity (Wildman–Crippen MR) is 105 cm³/mol. The minimum absolute atomic E-state index is 0.105. The van der Waals surface area contributed by atoms with Gasteiger partial charge in [0.25, 0.3) is 11.8 Å². The van der Waals surface area contributed by atoms with Crippen LogP contribution in [0.4, 0.5) is 13.2 Å². The number of hydrogen-bond donors (Lipinski definition) is 0. The Labute approximate surface area is 167 Å². The molecule has 146 valence electrons. The molecule has 0 atom stereocenters. The van der Waals surface area contributed by atoms with Crippen molar-refractivity contribution in [3.8, 4) is 0 Å². The first-order valence-corrected chi connectivity index (χ1v) is 9.19. The first-order chi connectivity index (χ1) is 13.8. The molecule has 1 aliphatic heterocycles. The highest BCUT2D eigenvalue weighted by Crippen LogP contribution is 2.36. The van der Waals surface area contributed by atoms with E-state index in [1.54, 1.807) is 18.2 Å². The van der Waals surface area contributed by atoms with E-state index in [-0.39, 0.29) is 16.2 Å². The molecule has 0 aliphatic carbocycles. The molecule has 4 nitrogen and oxygen atoms in total. The van der Waals surface area contributed by atoms with Crippen LogP contribution in [0.3, 0.4) is 0 Å². The maximum atomic E-state index is 12.7. The molecule has 3 aromatic carbocycles. The van der Waals surface area contributed by atoms with Gasteiger partial charge >= 0.3 is 5.51 Å². The van der Waals surface area contributed by atoms with Gasteiger partial charge in [0.2, 0.25) is 0 Å². The number of imide groups is 1. The molecule has 8 heteroatoms. The number of hydroxylamine groups is 2. The topological polar surface area (TPSA) is 46.6 Å². The van der Waals surface area contributed by atoms with E-state index in [9.17, 15) is 22.8 Å². The maximum Gasteiger partial charge on any atom is 0.470 e. The lowest BCUT2D eigenvalue weighted by Crippen LogP contribution is -2.39. The first kappa shape index (κ1) is 19.2. The van der Waals surface area contributed by atoms with Crippen LogP contribution in [0.5, 0.6) is 0 Å². The molecular weight excluding hydrogens is 403 g/mol. The van der Waals surface area contributed by atoms with E-state index in [0.717, 1.165) is 5.56 Å². The van der Waals surface area contributed by atoms with Gasteiger partial charge in [-0.15, -0.1) is 5.06 Å². The van der Waals surface area contributed by atoms with Crippen molar-refractivity contribution < 1.29 is 27.0 Å². The highest BCUT2D eigenvalue weighted by molar-refractivity contribution is 7.95. The zero-order valence-electron chi connectivity index (χ0n) is 14.6. The second-order valence-corrected chi connectivity index (χ2v) is 7.00. The fraction of sp³-hybridized carbons (Fsp3) is 0.0476. The second kappa shape index (κ2) is 7.38. The summed E-state index contributed by atoms with van der Waals surface area (Å²) in [6, 6.07) is 17.6. The fourth-order valence-corrected chi connectivity index (χ4v) is 3.40.